The zero-order valence-electron chi connectivity index (χ0n) is 6.12. The topological polar surface area (TPSA) is 52.6 Å². The van der Waals surface area contributed by atoms with Crippen molar-refractivity contribution >= 4 is 11.9 Å². The van der Waals surface area contributed by atoms with Crippen LogP contribution in [-0.4, -0.2) is 25.2 Å². The molecule has 0 aromatic rings. The minimum atomic E-state index is -0.778. The van der Waals surface area contributed by atoms with Gasteiger partial charge in [-0.3, -0.25) is 0 Å². The molecule has 4 heteroatoms. The molecule has 1 heterocycles. The van der Waals surface area contributed by atoms with E-state index < -0.39 is 18.0 Å². The molecular formula is C7H8O4. The van der Waals surface area contributed by atoms with Crippen LogP contribution in [0.3, 0.4) is 0 Å². The Bertz CT molecular complexity index is 202. The lowest BCUT2D eigenvalue weighted by molar-refractivity contribution is -0.158. The van der Waals surface area contributed by atoms with Gasteiger partial charge in [-0.2, -0.15) is 0 Å². The maximum atomic E-state index is 10.8. The summed E-state index contributed by atoms with van der Waals surface area (Å²) in [5, 5.41) is 0. The van der Waals surface area contributed by atoms with Gasteiger partial charge in [0.1, 0.15) is 0 Å². The van der Waals surface area contributed by atoms with Crippen molar-refractivity contribution in [3.63, 3.8) is 0 Å². The van der Waals surface area contributed by atoms with Gasteiger partial charge in [0.15, 0.2) is 0 Å². The number of carbonyl (C=O) groups is 2. The summed E-state index contributed by atoms with van der Waals surface area (Å²) in [6.07, 6.45) is -0.536. The Labute approximate surface area is 63.8 Å². The SMILES string of the molecule is C=C1CC(C(=O)OC)OC1=O. The maximum Gasteiger partial charge on any atom is 0.347 e. The Morgan fingerprint density at radius 1 is 1.82 bits per heavy atom. The van der Waals surface area contributed by atoms with Crippen LogP contribution in [-0.2, 0) is 19.1 Å². The number of methoxy groups -OCH3 is 1. The van der Waals surface area contributed by atoms with Gasteiger partial charge in [0, 0.05) is 12.0 Å². The Hall–Kier alpha value is -1.32. The first kappa shape index (κ1) is 7.78. The van der Waals surface area contributed by atoms with E-state index in [2.05, 4.69) is 16.1 Å². The van der Waals surface area contributed by atoms with Gasteiger partial charge in [-0.05, 0) is 0 Å². The molecule has 0 bridgehead atoms. The third-order valence-corrected chi connectivity index (χ3v) is 1.43. The average molecular weight is 156 g/mol. The van der Waals surface area contributed by atoms with Crippen molar-refractivity contribution in [3.8, 4) is 0 Å². The lowest BCUT2D eigenvalue weighted by Crippen LogP contribution is -2.21. The first-order valence-electron chi connectivity index (χ1n) is 3.11. The molecule has 1 rings (SSSR count). The van der Waals surface area contributed by atoms with Crippen molar-refractivity contribution in [2.75, 3.05) is 7.11 Å². The van der Waals surface area contributed by atoms with Gasteiger partial charge in [0.05, 0.1) is 7.11 Å². The van der Waals surface area contributed by atoms with Crippen molar-refractivity contribution < 1.29 is 19.1 Å². The summed E-state index contributed by atoms with van der Waals surface area (Å²) in [7, 11) is 1.25. The van der Waals surface area contributed by atoms with Crippen molar-refractivity contribution in [1.29, 1.82) is 0 Å². The molecule has 0 aromatic carbocycles. The molecule has 1 fully saturated rings. The van der Waals surface area contributed by atoms with Crippen molar-refractivity contribution in [2.24, 2.45) is 0 Å². The predicted molar refractivity (Wildman–Crippen MR) is 35.7 cm³/mol. The highest BCUT2D eigenvalue weighted by Crippen LogP contribution is 2.18. The quantitative estimate of drug-likeness (QED) is 0.397. The second-order valence-electron chi connectivity index (χ2n) is 2.22. The smallest absolute Gasteiger partial charge is 0.347 e. The molecule has 1 atom stereocenters. The first-order valence-corrected chi connectivity index (χ1v) is 3.11. The van der Waals surface area contributed by atoms with Crippen LogP contribution in [0.1, 0.15) is 6.42 Å². The second kappa shape index (κ2) is 2.74. The molecule has 60 valence electrons. The number of carbonyl (C=O) groups excluding carboxylic acids is 2. The van der Waals surface area contributed by atoms with Gasteiger partial charge >= 0.3 is 11.9 Å². The molecule has 0 radical (unpaired) electrons. The summed E-state index contributed by atoms with van der Waals surface area (Å²) < 4.78 is 8.99. The zero-order chi connectivity index (χ0) is 8.43. The summed E-state index contributed by atoms with van der Waals surface area (Å²) in [6, 6.07) is 0. The largest absolute Gasteiger partial charge is 0.466 e. The number of hydrogen-bond acceptors (Lipinski definition) is 4. The molecule has 0 N–H and O–H groups in total. The van der Waals surface area contributed by atoms with E-state index in [1.54, 1.807) is 0 Å². The Morgan fingerprint density at radius 3 is 2.82 bits per heavy atom. The Kier molecular flexibility index (Phi) is 1.94. The summed E-state index contributed by atoms with van der Waals surface area (Å²) in [5.74, 6) is -1.04. The van der Waals surface area contributed by atoms with E-state index in [4.69, 9.17) is 0 Å². The van der Waals surface area contributed by atoms with E-state index in [9.17, 15) is 9.59 Å². The fourth-order valence-corrected chi connectivity index (χ4v) is 0.824. The normalized spacial score (nSPS) is 23.2. The maximum absolute atomic E-state index is 10.8. The number of hydrogen-bond donors (Lipinski definition) is 0. The number of cyclic esters (lactones) is 1. The fourth-order valence-electron chi connectivity index (χ4n) is 0.824. The molecule has 1 aliphatic heterocycles. The van der Waals surface area contributed by atoms with Crippen LogP contribution in [0.25, 0.3) is 0 Å². The molecule has 11 heavy (non-hydrogen) atoms. The molecule has 1 saturated heterocycles. The van der Waals surface area contributed by atoms with Crippen LogP contribution in [0.5, 0.6) is 0 Å². The van der Waals surface area contributed by atoms with Crippen LogP contribution in [0.2, 0.25) is 0 Å². The van der Waals surface area contributed by atoms with Gasteiger partial charge in [-0.15, -0.1) is 0 Å². The predicted octanol–water partition coefficient (Wildman–Crippen LogP) is 0.0311. The summed E-state index contributed by atoms with van der Waals surface area (Å²) in [6.45, 7) is 3.42. The molecule has 0 spiro atoms. The second-order valence-corrected chi connectivity index (χ2v) is 2.22. The van der Waals surface area contributed by atoms with Crippen molar-refractivity contribution in [1.82, 2.24) is 0 Å². The van der Waals surface area contributed by atoms with Crippen LogP contribution in [0.15, 0.2) is 12.2 Å². The minimum Gasteiger partial charge on any atom is -0.466 e. The Balaban J connectivity index is 2.60. The van der Waals surface area contributed by atoms with Crippen LogP contribution in [0.4, 0.5) is 0 Å². The third-order valence-electron chi connectivity index (χ3n) is 1.43. The van der Waals surface area contributed by atoms with E-state index in [-0.39, 0.29) is 6.42 Å². The standard InChI is InChI=1S/C7H8O4/c1-4-3-5(7(9)10-2)11-6(4)8/h5H,1,3H2,2H3. The van der Waals surface area contributed by atoms with Crippen LogP contribution >= 0.6 is 0 Å². The highest BCUT2D eigenvalue weighted by molar-refractivity contribution is 5.94. The van der Waals surface area contributed by atoms with Gasteiger partial charge < -0.3 is 9.47 Å². The molecular weight excluding hydrogens is 148 g/mol. The lowest BCUT2D eigenvalue weighted by Gasteiger charge is -2.03. The lowest BCUT2D eigenvalue weighted by atomic mass is 10.2. The summed E-state index contributed by atoms with van der Waals surface area (Å²) in [5.41, 5.74) is 0.320. The molecule has 1 aliphatic rings. The van der Waals surface area contributed by atoms with Gasteiger partial charge in [-0.25, -0.2) is 9.59 Å². The summed E-state index contributed by atoms with van der Waals surface area (Å²) >= 11 is 0. The highest BCUT2D eigenvalue weighted by atomic mass is 16.6. The van der Waals surface area contributed by atoms with E-state index in [1.165, 1.54) is 7.11 Å². The number of rotatable bonds is 1. The Morgan fingerprint density at radius 2 is 2.45 bits per heavy atom. The average Bonchev–Trinajstić information content (AvgIpc) is 2.31. The molecule has 0 amide bonds. The minimum absolute atomic E-state index is 0.242. The summed E-state index contributed by atoms with van der Waals surface area (Å²) in [4.78, 5) is 21.4. The monoisotopic (exact) mass is 156 g/mol. The zero-order valence-corrected chi connectivity index (χ0v) is 6.12. The third kappa shape index (κ3) is 1.39. The van der Waals surface area contributed by atoms with E-state index in [0.29, 0.717) is 5.57 Å². The number of ether oxygens (including phenoxy) is 2. The fraction of sp³-hybridized carbons (Fsp3) is 0.429. The van der Waals surface area contributed by atoms with Gasteiger partial charge in [-0.1, -0.05) is 6.58 Å². The molecule has 4 nitrogen and oxygen atoms in total. The van der Waals surface area contributed by atoms with E-state index in [1.807, 2.05) is 0 Å². The van der Waals surface area contributed by atoms with Gasteiger partial charge in [0.2, 0.25) is 6.10 Å². The molecule has 0 aromatic heterocycles. The van der Waals surface area contributed by atoms with Gasteiger partial charge in [0.25, 0.3) is 0 Å². The molecule has 0 aliphatic carbocycles. The van der Waals surface area contributed by atoms with E-state index in [0.717, 1.165) is 0 Å². The van der Waals surface area contributed by atoms with Crippen LogP contribution in [0, 0.1) is 0 Å². The first-order chi connectivity index (χ1) is 5.15. The highest BCUT2D eigenvalue weighted by Gasteiger charge is 2.33. The van der Waals surface area contributed by atoms with Crippen molar-refractivity contribution in [2.45, 2.75) is 12.5 Å². The van der Waals surface area contributed by atoms with E-state index >= 15 is 0 Å². The molecule has 1 unspecified atom stereocenters. The van der Waals surface area contributed by atoms with Crippen LogP contribution < -0.4 is 0 Å². The molecule has 0 saturated carbocycles. The van der Waals surface area contributed by atoms with Crippen molar-refractivity contribution in [3.05, 3.63) is 12.2 Å². The number of esters is 2.